The Labute approximate surface area is 103 Å². The standard InChI is InChI=1S/C13H22N4/c1-9-4-7-17(8-12(9)14)11(3)13-10(2)15-5-6-16-13/h5-6,9,11-12H,4,7-8,14H2,1-3H3. The molecule has 4 nitrogen and oxygen atoms in total. The molecule has 4 heteroatoms. The maximum atomic E-state index is 6.14. The van der Waals surface area contributed by atoms with Gasteiger partial charge in [-0.1, -0.05) is 6.92 Å². The van der Waals surface area contributed by atoms with Gasteiger partial charge in [0, 0.05) is 25.0 Å². The molecule has 1 aliphatic rings. The summed E-state index contributed by atoms with van der Waals surface area (Å²) in [5.74, 6) is 0.626. The van der Waals surface area contributed by atoms with E-state index >= 15 is 0 Å². The van der Waals surface area contributed by atoms with Gasteiger partial charge in [0.2, 0.25) is 0 Å². The predicted octanol–water partition coefficient (Wildman–Crippen LogP) is 1.52. The summed E-state index contributed by atoms with van der Waals surface area (Å²) >= 11 is 0. The predicted molar refractivity (Wildman–Crippen MR) is 68.5 cm³/mol. The average Bonchev–Trinajstić information content (AvgIpc) is 2.32. The van der Waals surface area contributed by atoms with Crippen LogP contribution >= 0.6 is 0 Å². The molecule has 17 heavy (non-hydrogen) atoms. The SMILES string of the molecule is Cc1nccnc1C(C)N1CCC(C)C(N)C1. The van der Waals surface area contributed by atoms with E-state index in [1.165, 1.54) is 6.42 Å². The quantitative estimate of drug-likeness (QED) is 0.843. The van der Waals surface area contributed by atoms with Gasteiger partial charge >= 0.3 is 0 Å². The van der Waals surface area contributed by atoms with Crippen LogP contribution in [0.25, 0.3) is 0 Å². The van der Waals surface area contributed by atoms with Gasteiger partial charge in [0.1, 0.15) is 0 Å². The molecule has 3 unspecified atom stereocenters. The van der Waals surface area contributed by atoms with Gasteiger partial charge in [0.25, 0.3) is 0 Å². The lowest BCUT2D eigenvalue weighted by atomic mass is 9.93. The minimum Gasteiger partial charge on any atom is -0.326 e. The number of nitrogens with zero attached hydrogens (tertiary/aromatic N) is 3. The molecule has 0 saturated carbocycles. The zero-order valence-electron chi connectivity index (χ0n) is 10.9. The second-order valence-corrected chi connectivity index (χ2v) is 5.13. The Morgan fingerprint density at radius 1 is 1.41 bits per heavy atom. The van der Waals surface area contributed by atoms with Crippen LogP contribution in [0.5, 0.6) is 0 Å². The van der Waals surface area contributed by atoms with Gasteiger partial charge in [-0.15, -0.1) is 0 Å². The van der Waals surface area contributed by atoms with Crippen molar-refractivity contribution in [2.24, 2.45) is 11.7 Å². The van der Waals surface area contributed by atoms with Crippen molar-refractivity contribution in [2.45, 2.75) is 39.3 Å². The largest absolute Gasteiger partial charge is 0.326 e. The Kier molecular flexibility index (Phi) is 3.74. The molecule has 1 aromatic rings. The van der Waals surface area contributed by atoms with E-state index in [9.17, 15) is 0 Å². The Balaban J connectivity index is 2.10. The smallest absolute Gasteiger partial charge is 0.0784 e. The molecule has 0 aromatic carbocycles. The van der Waals surface area contributed by atoms with E-state index in [2.05, 4.69) is 28.7 Å². The lowest BCUT2D eigenvalue weighted by Gasteiger charge is -2.38. The first-order chi connectivity index (χ1) is 8.09. The summed E-state index contributed by atoms with van der Waals surface area (Å²) in [6.45, 7) is 8.51. The normalized spacial score (nSPS) is 28.0. The van der Waals surface area contributed by atoms with Crippen LogP contribution in [0.4, 0.5) is 0 Å². The topological polar surface area (TPSA) is 55.0 Å². The lowest BCUT2D eigenvalue weighted by molar-refractivity contribution is 0.126. The Morgan fingerprint density at radius 3 is 2.76 bits per heavy atom. The van der Waals surface area contributed by atoms with Crippen LogP contribution in [0.15, 0.2) is 12.4 Å². The van der Waals surface area contributed by atoms with Crippen molar-refractivity contribution in [1.29, 1.82) is 0 Å². The molecule has 1 aromatic heterocycles. The molecule has 2 rings (SSSR count). The molecule has 0 aliphatic carbocycles. The number of hydrogen-bond acceptors (Lipinski definition) is 4. The maximum Gasteiger partial charge on any atom is 0.0784 e. The third-order valence-electron chi connectivity index (χ3n) is 3.91. The molecule has 0 amide bonds. The summed E-state index contributed by atoms with van der Waals surface area (Å²) in [6, 6.07) is 0.588. The van der Waals surface area contributed by atoms with Gasteiger partial charge in [-0.3, -0.25) is 14.9 Å². The molecule has 2 N–H and O–H groups in total. The first-order valence-corrected chi connectivity index (χ1v) is 6.36. The average molecular weight is 234 g/mol. The molecule has 1 saturated heterocycles. The fraction of sp³-hybridized carbons (Fsp3) is 0.692. The van der Waals surface area contributed by atoms with Gasteiger partial charge in [0.05, 0.1) is 17.4 Å². The highest BCUT2D eigenvalue weighted by Gasteiger charge is 2.27. The highest BCUT2D eigenvalue weighted by Crippen LogP contribution is 2.25. The van der Waals surface area contributed by atoms with Crippen molar-refractivity contribution >= 4 is 0 Å². The van der Waals surface area contributed by atoms with Crippen LogP contribution in [-0.2, 0) is 0 Å². The first-order valence-electron chi connectivity index (χ1n) is 6.36. The molecule has 94 valence electrons. The van der Waals surface area contributed by atoms with E-state index in [0.29, 0.717) is 12.0 Å². The number of rotatable bonds is 2. The van der Waals surface area contributed by atoms with Gasteiger partial charge < -0.3 is 5.73 Å². The molecule has 1 aliphatic heterocycles. The molecule has 0 spiro atoms. The fourth-order valence-electron chi connectivity index (χ4n) is 2.48. The van der Waals surface area contributed by atoms with E-state index < -0.39 is 0 Å². The monoisotopic (exact) mass is 234 g/mol. The number of likely N-dealkylation sites (tertiary alicyclic amines) is 1. The molecule has 0 radical (unpaired) electrons. The van der Waals surface area contributed by atoms with E-state index in [0.717, 1.165) is 24.5 Å². The second-order valence-electron chi connectivity index (χ2n) is 5.13. The lowest BCUT2D eigenvalue weighted by Crippen LogP contribution is -2.48. The zero-order chi connectivity index (χ0) is 12.4. The zero-order valence-corrected chi connectivity index (χ0v) is 10.9. The molecule has 0 bridgehead atoms. The van der Waals surface area contributed by atoms with Crippen molar-refractivity contribution < 1.29 is 0 Å². The number of aromatic nitrogens is 2. The van der Waals surface area contributed by atoms with E-state index in [4.69, 9.17) is 5.73 Å². The minimum atomic E-state index is 0.281. The van der Waals surface area contributed by atoms with Crippen molar-refractivity contribution in [3.05, 3.63) is 23.8 Å². The van der Waals surface area contributed by atoms with Crippen molar-refractivity contribution in [3.8, 4) is 0 Å². The molecule has 1 fully saturated rings. The maximum absolute atomic E-state index is 6.14. The number of hydrogen-bond donors (Lipinski definition) is 1. The van der Waals surface area contributed by atoms with Crippen molar-refractivity contribution in [3.63, 3.8) is 0 Å². The van der Waals surface area contributed by atoms with Gasteiger partial charge in [-0.2, -0.15) is 0 Å². The summed E-state index contributed by atoms with van der Waals surface area (Å²) in [5.41, 5.74) is 8.24. The summed E-state index contributed by atoms with van der Waals surface area (Å²) in [7, 11) is 0. The Hall–Kier alpha value is -1.00. The minimum absolute atomic E-state index is 0.281. The van der Waals surface area contributed by atoms with E-state index in [1.54, 1.807) is 12.4 Å². The highest BCUT2D eigenvalue weighted by molar-refractivity contribution is 5.13. The van der Waals surface area contributed by atoms with Crippen LogP contribution in [0, 0.1) is 12.8 Å². The van der Waals surface area contributed by atoms with Crippen LogP contribution in [0.3, 0.4) is 0 Å². The third-order valence-corrected chi connectivity index (χ3v) is 3.91. The Morgan fingerprint density at radius 2 is 2.12 bits per heavy atom. The Bertz CT molecular complexity index is 379. The first kappa shape index (κ1) is 12.5. The van der Waals surface area contributed by atoms with E-state index in [-0.39, 0.29) is 6.04 Å². The van der Waals surface area contributed by atoms with Crippen molar-refractivity contribution in [2.75, 3.05) is 13.1 Å². The second kappa shape index (κ2) is 5.10. The van der Waals surface area contributed by atoms with Gasteiger partial charge in [-0.05, 0) is 32.7 Å². The van der Waals surface area contributed by atoms with Crippen LogP contribution in [0.1, 0.15) is 37.7 Å². The van der Waals surface area contributed by atoms with Crippen LogP contribution < -0.4 is 5.73 Å². The number of aryl methyl sites for hydroxylation is 1. The van der Waals surface area contributed by atoms with Gasteiger partial charge in [-0.25, -0.2) is 0 Å². The van der Waals surface area contributed by atoms with Crippen molar-refractivity contribution in [1.82, 2.24) is 14.9 Å². The summed E-state index contributed by atoms with van der Waals surface area (Å²) in [6.07, 6.45) is 4.69. The summed E-state index contributed by atoms with van der Waals surface area (Å²) in [4.78, 5) is 11.2. The fourth-order valence-corrected chi connectivity index (χ4v) is 2.48. The number of piperidine rings is 1. The third kappa shape index (κ3) is 2.64. The highest BCUT2D eigenvalue weighted by atomic mass is 15.2. The molecule has 3 atom stereocenters. The number of nitrogens with two attached hydrogens (primary N) is 1. The van der Waals surface area contributed by atoms with Crippen LogP contribution in [0.2, 0.25) is 0 Å². The summed E-state index contributed by atoms with van der Waals surface area (Å²) < 4.78 is 0. The van der Waals surface area contributed by atoms with Crippen LogP contribution in [-0.4, -0.2) is 34.0 Å². The van der Waals surface area contributed by atoms with Gasteiger partial charge in [0.15, 0.2) is 0 Å². The molecule has 2 heterocycles. The van der Waals surface area contributed by atoms with E-state index in [1.807, 2.05) is 6.92 Å². The summed E-state index contributed by atoms with van der Waals surface area (Å²) in [5, 5.41) is 0. The molecular formula is C13H22N4. The molecular weight excluding hydrogens is 212 g/mol.